The fourth-order valence-corrected chi connectivity index (χ4v) is 4.55. The molecule has 0 radical (unpaired) electrons. The van der Waals surface area contributed by atoms with E-state index >= 15 is 0 Å². The molecule has 1 amide bonds. The van der Waals surface area contributed by atoms with Crippen molar-refractivity contribution < 1.29 is 18.7 Å². The molecular formula is C27H26FN5O3. The van der Waals surface area contributed by atoms with E-state index in [0.29, 0.717) is 48.0 Å². The average Bonchev–Trinajstić information content (AvgIpc) is 3.51. The van der Waals surface area contributed by atoms with Gasteiger partial charge in [-0.25, -0.2) is 4.39 Å². The number of carbonyl (C=O) groups is 1. The Hall–Kier alpha value is -4.27. The number of anilines is 1. The second-order valence-electron chi connectivity index (χ2n) is 8.79. The maximum Gasteiger partial charge on any atom is 0.235 e. The first-order chi connectivity index (χ1) is 17.4. The number of carbonyl (C=O) groups excluding carboxylic acids is 1. The van der Waals surface area contributed by atoms with Gasteiger partial charge in [0.15, 0.2) is 11.5 Å². The molecule has 1 heterocycles. The highest BCUT2D eigenvalue weighted by atomic mass is 19.1. The molecule has 0 spiro atoms. The number of aromatic nitrogens is 4. The first kappa shape index (κ1) is 23.5. The van der Waals surface area contributed by atoms with E-state index in [-0.39, 0.29) is 11.7 Å². The lowest BCUT2D eigenvalue weighted by Crippen LogP contribution is -2.28. The lowest BCUT2D eigenvalue weighted by atomic mass is 9.90. The summed E-state index contributed by atoms with van der Waals surface area (Å²) < 4.78 is 25.1. The molecule has 0 unspecified atom stereocenters. The van der Waals surface area contributed by atoms with Gasteiger partial charge >= 0.3 is 0 Å². The summed E-state index contributed by atoms with van der Waals surface area (Å²) in [6, 6.07) is 15.8. The lowest BCUT2D eigenvalue weighted by Gasteiger charge is -2.19. The van der Waals surface area contributed by atoms with Crippen LogP contribution in [0.15, 0.2) is 54.6 Å². The number of halogens is 1. The third-order valence-electron chi connectivity index (χ3n) is 6.54. The Balaban J connectivity index is 1.50. The Morgan fingerprint density at radius 1 is 1.08 bits per heavy atom. The van der Waals surface area contributed by atoms with Crippen LogP contribution >= 0.6 is 0 Å². The van der Waals surface area contributed by atoms with Gasteiger partial charge in [0.25, 0.3) is 0 Å². The summed E-state index contributed by atoms with van der Waals surface area (Å²) in [5, 5.41) is 17.5. The number of rotatable bonds is 8. The molecule has 2 N–H and O–H groups in total. The van der Waals surface area contributed by atoms with Gasteiger partial charge in [-0.05, 0) is 90.6 Å². The van der Waals surface area contributed by atoms with Crippen molar-refractivity contribution in [3.05, 3.63) is 71.5 Å². The number of methoxy groups -OCH3 is 1. The smallest absolute Gasteiger partial charge is 0.235 e. The van der Waals surface area contributed by atoms with Crippen molar-refractivity contribution in [2.24, 2.45) is 0 Å². The van der Waals surface area contributed by atoms with Crippen molar-refractivity contribution in [2.45, 2.75) is 32.1 Å². The van der Waals surface area contributed by atoms with Crippen LogP contribution < -0.4 is 14.8 Å². The number of tetrazole rings is 1. The Morgan fingerprint density at radius 3 is 2.61 bits per heavy atom. The summed E-state index contributed by atoms with van der Waals surface area (Å²) in [7, 11) is 1.59. The standard InChI is InChI=1S/C27H26FN5O3/c1-4-36-23-10-6-17(13-24(23)35-3)20-9-8-19(15-21(20)25-30-32-33-31-25)29-26(34)27(11-12-27)22-14-18(28)7-5-16(22)2/h5-10,13-15H,4,11-12H2,1-3H3,(H,29,34)(H,30,31,32,33). The fraction of sp³-hybridized carbons (Fsp3) is 0.259. The van der Waals surface area contributed by atoms with Gasteiger partial charge in [-0.15, -0.1) is 10.2 Å². The predicted octanol–water partition coefficient (Wildman–Crippen LogP) is 5.06. The Kier molecular flexibility index (Phi) is 6.13. The molecule has 1 aromatic heterocycles. The van der Waals surface area contributed by atoms with E-state index in [1.54, 1.807) is 13.2 Å². The predicted molar refractivity (Wildman–Crippen MR) is 133 cm³/mol. The molecule has 0 atom stereocenters. The van der Waals surface area contributed by atoms with Crippen LogP contribution in [0.3, 0.4) is 0 Å². The summed E-state index contributed by atoms with van der Waals surface area (Å²) in [6.45, 7) is 4.33. The van der Waals surface area contributed by atoms with E-state index in [2.05, 4.69) is 25.9 Å². The van der Waals surface area contributed by atoms with E-state index in [0.717, 1.165) is 22.3 Å². The van der Waals surface area contributed by atoms with Gasteiger partial charge in [0.05, 0.1) is 19.1 Å². The van der Waals surface area contributed by atoms with Crippen LogP contribution in [0.5, 0.6) is 11.5 Å². The molecule has 0 bridgehead atoms. The SMILES string of the molecule is CCOc1ccc(-c2ccc(NC(=O)C3(c4cc(F)ccc4C)CC3)cc2-c2nn[nH]n2)cc1OC. The van der Waals surface area contributed by atoms with Gasteiger partial charge in [-0.1, -0.05) is 18.2 Å². The number of benzene rings is 3. The Labute approximate surface area is 207 Å². The average molecular weight is 488 g/mol. The molecule has 1 saturated carbocycles. The van der Waals surface area contributed by atoms with Crippen LogP contribution in [-0.4, -0.2) is 40.2 Å². The second kappa shape index (κ2) is 9.41. The van der Waals surface area contributed by atoms with Crippen LogP contribution in [0.2, 0.25) is 0 Å². The van der Waals surface area contributed by atoms with Gasteiger partial charge < -0.3 is 14.8 Å². The monoisotopic (exact) mass is 487 g/mol. The minimum Gasteiger partial charge on any atom is -0.493 e. The topological polar surface area (TPSA) is 102 Å². The number of hydrogen-bond acceptors (Lipinski definition) is 6. The molecule has 0 aliphatic heterocycles. The third kappa shape index (κ3) is 4.28. The molecular weight excluding hydrogens is 461 g/mol. The number of ether oxygens (including phenoxy) is 2. The molecule has 1 fully saturated rings. The molecule has 8 nitrogen and oxygen atoms in total. The summed E-state index contributed by atoms with van der Waals surface area (Å²) in [6.07, 6.45) is 1.34. The molecule has 0 saturated heterocycles. The third-order valence-corrected chi connectivity index (χ3v) is 6.54. The molecule has 1 aliphatic rings. The number of hydrogen-bond donors (Lipinski definition) is 2. The van der Waals surface area contributed by atoms with Crippen LogP contribution in [0, 0.1) is 12.7 Å². The quantitative estimate of drug-likeness (QED) is 0.360. The Morgan fingerprint density at radius 2 is 1.92 bits per heavy atom. The number of nitrogens with zero attached hydrogens (tertiary/aromatic N) is 3. The van der Waals surface area contributed by atoms with Crippen LogP contribution in [0.4, 0.5) is 10.1 Å². The van der Waals surface area contributed by atoms with E-state index in [4.69, 9.17) is 9.47 Å². The van der Waals surface area contributed by atoms with E-state index < -0.39 is 5.41 Å². The van der Waals surface area contributed by atoms with Crippen molar-refractivity contribution in [2.75, 3.05) is 19.0 Å². The van der Waals surface area contributed by atoms with E-state index in [1.165, 1.54) is 12.1 Å². The van der Waals surface area contributed by atoms with Gasteiger partial charge in [-0.2, -0.15) is 5.21 Å². The van der Waals surface area contributed by atoms with Gasteiger partial charge in [0, 0.05) is 11.3 Å². The van der Waals surface area contributed by atoms with Crippen LogP contribution in [0.25, 0.3) is 22.5 Å². The number of H-pyrrole nitrogens is 1. The molecule has 4 aromatic rings. The molecule has 1 aliphatic carbocycles. The van der Waals surface area contributed by atoms with Crippen molar-refractivity contribution >= 4 is 11.6 Å². The van der Waals surface area contributed by atoms with E-state index in [1.807, 2.05) is 50.2 Å². The number of amides is 1. The number of aromatic amines is 1. The van der Waals surface area contributed by atoms with Gasteiger partial charge in [0.2, 0.25) is 11.7 Å². The lowest BCUT2D eigenvalue weighted by molar-refractivity contribution is -0.118. The van der Waals surface area contributed by atoms with Crippen molar-refractivity contribution in [3.63, 3.8) is 0 Å². The minimum atomic E-state index is -0.723. The number of aryl methyl sites for hydroxylation is 1. The largest absolute Gasteiger partial charge is 0.493 e. The maximum absolute atomic E-state index is 14.0. The van der Waals surface area contributed by atoms with Crippen molar-refractivity contribution in [3.8, 4) is 34.0 Å². The second-order valence-corrected chi connectivity index (χ2v) is 8.79. The molecule has 184 valence electrons. The van der Waals surface area contributed by atoms with E-state index in [9.17, 15) is 9.18 Å². The highest BCUT2D eigenvalue weighted by Crippen LogP contribution is 2.50. The van der Waals surface area contributed by atoms with Gasteiger partial charge in [-0.3, -0.25) is 4.79 Å². The number of nitrogens with one attached hydrogen (secondary N) is 2. The summed E-state index contributed by atoms with van der Waals surface area (Å²) in [5.74, 6) is 1.13. The first-order valence-electron chi connectivity index (χ1n) is 11.7. The summed E-state index contributed by atoms with van der Waals surface area (Å²) in [4.78, 5) is 13.4. The van der Waals surface area contributed by atoms with Gasteiger partial charge in [0.1, 0.15) is 5.82 Å². The Bertz CT molecular complexity index is 1420. The zero-order valence-electron chi connectivity index (χ0n) is 20.3. The minimum absolute atomic E-state index is 0.161. The van der Waals surface area contributed by atoms with Crippen LogP contribution in [-0.2, 0) is 10.2 Å². The molecule has 5 rings (SSSR count). The first-order valence-corrected chi connectivity index (χ1v) is 11.7. The summed E-state index contributed by atoms with van der Waals surface area (Å²) in [5.41, 5.74) is 3.87. The fourth-order valence-electron chi connectivity index (χ4n) is 4.55. The molecule has 9 heteroatoms. The molecule has 36 heavy (non-hydrogen) atoms. The maximum atomic E-state index is 14.0. The molecule has 3 aromatic carbocycles. The highest BCUT2D eigenvalue weighted by molar-refractivity contribution is 6.02. The van der Waals surface area contributed by atoms with Crippen molar-refractivity contribution in [1.82, 2.24) is 20.6 Å². The van der Waals surface area contributed by atoms with Crippen molar-refractivity contribution in [1.29, 1.82) is 0 Å². The summed E-state index contributed by atoms with van der Waals surface area (Å²) >= 11 is 0. The zero-order chi connectivity index (χ0) is 25.3. The highest BCUT2D eigenvalue weighted by Gasteiger charge is 2.52. The zero-order valence-corrected chi connectivity index (χ0v) is 20.3. The normalized spacial score (nSPS) is 13.8. The van der Waals surface area contributed by atoms with Crippen LogP contribution in [0.1, 0.15) is 30.9 Å².